The van der Waals surface area contributed by atoms with Crippen LogP contribution in [0.1, 0.15) is 11.1 Å². The molecule has 0 bridgehead atoms. The minimum atomic E-state index is -0.395. The summed E-state index contributed by atoms with van der Waals surface area (Å²) in [5.41, 5.74) is 2.15. The lowest BCUT2D eigenvalue weighted by atomic mass is 10.2. The van der Waals surface area contributed by atoms with Gasteiger partial charge in [-0.25, -0.2) is 0 Å². The fourth-order valence-electron chi connectivity index (χ4n) is 3.42. The molecule has 10 heteroatoms. The summed E-state index contributed by atoms with van der Waals surface area (Å²) in [7, 11) is 0. The minimum Gasteiger partial charge on any atom is -0.492 e. The molecule has 7 nitrogen and oxygen atoms in total. The molecule has 0 atom stereocenters. The van der Waals surface area contributed by atoms with Gasteiger partial charge in [-0.15, -0.1) is 0 Å². The van der Waals surface area contributed by atoms with Gasteiger partial charge in [0.2, 0.25) is 0 Å². The Morgan fingerprint density at radius 3 is 2.57 bits per heavy atom. The van der Waals surface area contributed by atoms with Gasteiger partial charge in [0.25, 0.3) is 17.1 Å². The zero-order valence-electron chi connectivity index (χ0n) is 19.7. The molecule has 1 saturated heterocycles. The van der Waals surface area contributed by atoms with Crippen LogP contribution in [0.3, 0.4) is 0 Å². The first-order valence-corrected chi connectivity index (χ1v) is 12.8. The normalized spacial score (nSPS) is 14.2. The van der Waals surface area contributed by atoms with Gasteiger partial charge in [-0.05, 0) is 72.3 Å². The molecule has 1 N–H and O–H groups in total. The molecular weight excluding hydrogens is 535 g/mol. The molecule has 0 unspecified atom stereocenters. The van der Waals surface area contributed by atoms with Crippen LogP contribution in [0.5, 0.6) is 11.5 Å². The molecule has 3 aromatic carbocycles. The second-order valence-corrected chi connectivity index (χ2v) is 9.81. The highest BCUT2D eigenvalue weighted by molar-refractivity contribution is 8.18. The van der Waals surface area contributed by atoms with Gasteiger partial charge in [0.1, 0.15) is 18.1 Å². The van der Waals surface area contributed by atoms with Crippen LogP contribution >= 0.6 is 35.0 Å². The Bertz CT molecular complexity index is 1380. The molecule has 4 rings (SSSR count). The number of hydrogen-bond acceptors (Lipinski definition) is 6. The Labute approximate surface area is 228 Å². The van der Waals surface area contributed by atoms with E-state index in [1.807, 2.05) is 31.2 Å². The molecule has 0 spiro atoms. The summed E-state index contributed by atoms with van der Waals surface area (Å²) in [6.45, 7) is 2.02. The summed E-state index contributed by atoms with van der Waals surface area (Å²) >= 11 is 13.2. The first-order chi connectivity index (χ1) is 17.8. The van der Waals surface area contributed by atoms with Crippen molar-refractivity contribution >= 4 is 63.8 Å². The molecule has 3 amide bonds. The fraction of sp³-hybridized carbons (Fsp3) is 0.148. The average molecular weight is 557 g/mol. The van der Waals surface area contributed by atoms with Crippen LogP contribution in [0.2, 0.25) is 10.0 Å². The maximum Gasteiger partial charge on any atom is 0.293 e. The van der Waals surface area contributed by atoms with E-state index in [9.17, 15) is 14.4 Å². The van der Waals surface area contributed by atoms with Crippen LogP contribution in [0.25, 0.3) is 6.08 Å². The van der Waals surface area contributed by atoms with Gasteiger partial charge < -0.3 is 14.8 Å². The van der Waals surface area contributed by atoms with E-state index in [0.717, 1.165) is 22.2 Å². The molecule has 1 aliphatic heterocycles. The number of benzene rings is 3. The number of rotatable bonds is 9. The zero-order chi connectivity index (χ0) is 26.4. The summed E-state index contributed by atoms with van der Waals surface area (Å²) in [4.78, 5) is 38.8. The SMILES string of the molecule is Cc1cccc(OCCN2C(=O)S/C(=C\c3ccc(OCC(=O)Nc4ccccc4Cl)c(Cl)c3)C2=O)c1. The van der Waals surface area contributed by atoms with Crippen molar-refractivity contribution in [3.05, 3.63) is 92.8 Å². The number of aryl methyl sites for hydroxylation is 1. The molecule has 1 aliphatic rings. The van der Waals surface area contributed by atoms with Crippen molar-refractivity contribution in [2.45, 2.75) is 6.92 Å². The molecule has 0 saturated carbocycles. The van der Waals surface area contributed by atoms with Crippen molar-refractivity contribution in [1.29, 1.82) is 0 Å². The Morgan fingerprint density at radius 2 is 1.81 bits per heavy atom. The van der Waals surface area contributed by atoms with E-state index in [-0.39, 0.29) is 34.9 Å². The number of amides is 3. The van der Waals surface area contributed by atoms with E-state index in [1.165, 1.54) is 0 Å². The zero-order valence-corrected chi connectivity index (χ0v) is 22.0. The van der Waals surface area contributed by atoms with Gasteiger partial charge in [-0.2, -0.15) is 0 Å². The van der Waals surface area contributed by atoms with Crippen LogP contribution in [-0.4, -0.2) is 41.7 Å². The number of para-hydroxylation sites is 1. The Hall–Kier alpha value is -3.46. The second-order valence-electron chi connectivity index (χ2n) is 8.00. The summed E-state index contributed by atoms with van der Waals surface area (Å²) < 4.78 is 11.2. The average Bonchev–Trinajstić information content (AvgIpc) is 3.12. The van der Waals surface area contributed by atoms with Crippen molar-refractivity contribution in [3.63, 3.8) is 0 Å². The van der Waals surface area contributed by atoms with E-state index in [0.29, 0.717) is 27.8 Å². The van der Waals surface area contributed by atoms with Crippen LogP contribution in [-0.2, 0) is 9.59 Å². The Kier molecular flexibility index (Phi) is 8.76. The van der Waals surface area contributed by atoms with Gasteiger partial charge in [0.15, 0.2) is 6.61 Å². The maximum atomic E-state index is 12.8. The number of anilines is 1. The molecule has 0 radical (unpaired) electrons. The number of nitrogens with zero attached hydrogens (tertiary/aromatic N) is 1. The lowest BCUT2D eigenvalue weighted by Gasteiger charge is -2.13. The van der Waals surface area contributed by atoms with E-state index in [1.54, 1.807) is 48.5 Å². The Morgan fingerprint density at radius 1 is 1.00 bits per heavy atom. The highest BCUT2D eigenvalue weighted by Crippen LogP contribution is 2.34. The number of nitrogens with one attached hydrogen (secondary N) is 1. The number of ether oxygens (including phenoxy) is 2. The number of carbonyl (C=O) groups is 3. The van der Waals surface area contributed by atoms with Gasteiger partial charge in [0.05, 0.1) is 27.2 Å². The quantitative estimate of drug-likeness (QED) is 0.305. The standard InChI is InChI=1S/C27H22Cl2N2O5S/c1-17-5-4-6-19(13-17)35-12-11-31-26(33)24(37-27(31)34)15-18-9-10-23(21(29)14-18)36-16-25(32)30-22-8-3-2-7-20(22)28/h2-10,13-15H,11-12,16H2,1H3,(H,30,32)/b24-15-. The van der Waals surface area contributed by atoms with Crippen LogP contribution in [0.4, 0.5) is 10.5 Å². The molecular formula is C27H22Cl2N2O5S. The smallest absolute Gasteiger partial charge is 0.293 e. The van der Waals surface area contributed by atoms with Gasteiger partial charge in [-0.3, -0.25) is 19.3 Å². The Balaban J connectivity index is 1.32. The number of thioether (sulfide) groups is 1. The van der Waals surface area contributed by atoms with Crippen molar-refractivity contribution in [2.24, 2.45) is 0 Å². The molecule has 3 aromatic rings. The summed E-state index contributed by atoms with van der Waals surface area (Å²) in [5, 5.41) is 2.98. The third-order valence-corrected chi connectivity index (χ3v) is 6.74. The van der Waals surface area contributed by atoms with Crippen LogP contribution in [0.15, 0.2) is 71.6 Å². The number of imide groups is 1. The molecule has 190 valence electrons. The number of carbonyl (C=O) groups excluding carboxylic acids is 3. The van der Waals surface area contributed by atoms with Gasteiger partial charge in [-0.1, -0.05) is 53.5 Å². The number of hydrogen-bond donors (Lipinski definition) is 1. The van der Waals surface area contributed by atoms with Crippen molar-refractivity contribution in [2.75, 3.05) is 25.1 Å². The highest BCUT2D eigenvalue weighted by atomic mass is 35.5. The van der Waals surface area contributed by atoms with E-state index in [2.05, 4.69) is 5.32 Å². The van der Waals surface area contributed by atoms with Gasteiger partial charge >= 0.3 is 0 Å². The highest BCUT2D eigenvalue weighted by Gasteiger charge is 2.34. The molecule has 1 heterocycles. The van der Waals surface area contributed by atoms with Crippen molar-refractivity contribution < 1.29 is 23.9 Å². The number of halogens is 2. The lowest BCUT2D eigenvalue weighted by molar-refractivity contribution is -0.123. The molecule has 37 heavy (non-hydrogen) atoms. The first-order valence-electron chi connectivity index (χ1n) is 11.2. The second kappa shape index (κ2) is 12.2. The summed E-state index contributed by atoms with van der Waals surface area (Å²) in [6, 6.07) is 19.3. The lowest BCUT2D eigenvalue weighted by Crippen LogP contribution is -2.32. The van der Waals surface area contributed by atoms with E-state index >= 15 is 0 Å². The van der Waals surface area contributed by atoms with Crippen molar-refractivity contribution in [1.82, 2.24) is 4.90 Å². The topological polar surface area (TPSA) is 84.9 Å². The summed E-state index contributed by atoms with van der Waals surface area (Å²) in [6.07, 6.45) is 1.59. The predicted octanol–water partition coefficient (Wildman–Crippen LogP) is 6.43. The van der Waals surface area contributed by atoms with Crippen LogP contribution < -0.4 is 14.8 Å². The van der Waals surface area contributed by atoms with Gasteiger partial charge in [0, 0.05) is 0 Å². The summed E-state index contributed by atoms with van der Waals surface area (Å²) in [5.74, 6) is 0.194. The van der Waals surface area contributed by atoms with Crippen molar-refractivity contribution in [3.8, 4) is 11.5 Å². The molecule has 0 aliphatic carbocycles. The van der Waals surface area contributed by atoms with Crippen LogP contribution in [0, 0.1) is 6.92 Å². The fourth-order valence-corrected chi connectivity index (χ4v) is 4.71. The van der Waals surface area contributed by atoms with E-state index < -0.39 is 11.8 Å². The molecule has 0 aromatic heterocycles. The molecule has 1 fully saturated rings. The maximum absolute atomic E-state index is 12.8. The predicted molar refractivity (Wildman–Crippen MR) is 146 cm³/mol. The third-order valence-electron chi connectivity index (χ3n) is 5.21. The monoisotopic (exact) mass is 556 g/mol. The first kappa shape index (κ1) is 26.6. The minimum absolute atomic E-state index is 0.139. The van der Waals surface area contributed by atoms with E-state index in [4.69, 9.17) is 32.7 Å². The largest absolute Gasteiger partial charge is 0.492 e. The third kappa shape index (κ3) is 7.07.